The first-order valence-corrected chi connectivity index (χ1v) is 14.1. The molecule has 11 nitrogen and oxygen atoms in total. The van der Waals surface area contributed by atoms with E-state index in [0.29, 0.717) is 24.0 Å². The number of nitrogens with zero attached hydrogens (tertiary/aromatic N) is 2. The van der Waals surface area contributed by atoms with E-state index in [-0.39, 0.29) is 29.4 Å². The first kappa shape index (κ1) is 27.2. The first-order chi connectivity index (χ1) is 17.3. The number of anilines is 1. The highest BCUT2D eigenvalue weighted by Crippen LogP contribution is 2.38. The lowest BCUT2D eigenvalue weighted by atomic mass is 10.0. The van der Waals surface area contributed by atoms with Crippen molar-refractivity contribution in [3.63, 3.8) is 0 Å². The molecule has 1 fully saturated rings. The maximum absolute atomic E-state index is 13.1. The van der Waals surface area contributed by atoms with Gasteiger partial charge in [0.15, 0.2) is 0 Å². The molecule has 1 aromatic heterocycles. The molecule has 13 heteroatoms. The molecule has 0 spiro atoms. The van der Waals surface area contributed by atoms with Gasteiger partial charge in [-0.3, -0.25) is 19.8 Å². The van der Waals surface area contributed by atoms with Gasteiger partial charge in [-0.1, -0.05) is 0 Å². The van der Waals surface area contributed by atoms with Crippen LogP contribution < -0.4 is 16.4 Å². The van der Waals surface area contributed by atoms with Crippen molar-refractivity contribution < 1.29 is 27.5 Å². The largest absolute Gasteiger partial charge is 0.363 e. The molecule has 0 unspecified atom stereocenters. The van der Waals surface area contributed by atoms with E-state index in [4.69, 9.17) is 10.5 Å². The van der Waals surface area contributed by atoms with Crippen molar-refractivity contribution in [1.82, 2.24) is 14.5 Å². The maximum atomic E-state index is 13.1. The van der Waals surface area contributed by atoms with Crippen LogP contribution in [-0.4, -0.2) is 66.9 Å². The van der Waals surface area contributed by atoms with E-state index in [9.17, 15) is 22.8 Å². The van der Waals surface area contributed by atoms with E-state index in [1.165, 1.54) is 39.9 Å². The summed E-state index contributed by atoms with van der Waals surface area (Å²) in [5.41, 5.74) is 5.72. The predicted octanol–water partition coefficient (Wildman–Crippen LogP) is 2.33. The van der Waals surface area contributed by atoms with Crippen molar-refractivity contribution in [3.8, 4) is 0 Å². The van der Waals surface area contributed by atoms with E-state index in [2.05, 4.69) is 29.4 Å². The molecule has 4 N–H and O–H groups in total. The Kier molecular flexibility index (Phi) is 7.45. The molecule has 2 aliphatic rings. The van der Waals surface area contributed by atoms with Crippen LogP contribution in [0.1, 0.15) is 58.9 Å². The van der Waals surface area contributed by atoms with Gasteiger partial charge in [0, 0.05) is 29.6 Å². The molecule has 2 aliphatic heterocycles. The minimum absolute atomic E-state index is 0.0367. The van der Waals surface area contributed by atoms with Crippen molar-refractivity contribution in [2.24, 2.45) is 5.73 Å². The number of nitrogens with one attached hydrogen (secondary N) is 2. The standard InChI is InChI=1S/C24H31N5O6S2/c1-14(2)28-10-9-17-18(11-28)36-22(19(17)21(31)27-23(25)32)26-20(30)15-5-7-16(8-6-15)37(33,34)29-13-35-12-24(29,3)4/h5-8,14H,9-13H2,1-4H3,(H,26,30)(H3,25,27,31,32). The fraction of sp³-hybridized carbons (Fsp3) is 0.458. The van der Waals surface area contributed by atoms with E-state index in [1.807, 2.05) is 0 Å². The molecular weight excluding hydrogens is 518 g/mol. The molecule has 1 aromatic carbocycles. The number of carbonyl (C=O) groups is 3. The number of nitrogens with two attached hydrogens (primary N) is 1. The molecule has 0 saturated carbocycles. The van der Waals surface area contributed by atoms with Crippen molar-refractivity contribution >= 4 is 44.2 Å². The minimum Gasteiger partial charge on any atom is -0.363 e. The topological polar surface area (TPSA) is 151 Å². The van der Waals surface area contributed by atoms with Gasteiger partial charge in [-0.15, -0.1) is 11.3 Å². The van der Waals surface area contributed by atoms with Crippen LogP contribution in [-0.2, 0) is 27.7 Å². The number of imide groups is 1. The molecule has 1 saturated heterocycles. The third kappa shape index (κ3) is 5.41. The van der Waals surface area contributed by atoms with E-state index in [0.717, 1.165) is 17.0 Å². The third-order valence-electron chi connectivity index (χ3n) is 6.55. The quantitative estimate of drug-likeness (QED) is 0.500. The van der Waals surface area contributed by atoms with Crippen molar-refractivity contribution in [1.29, 1.82) is 0 Å². The van der Waals surface area contributed by atoms with Crippen LogP contribution in [0.15, 0.2) is 29.2 Å². The number of ether oxygens (including phenoxy) is 1. The summed E-state index contributed by atoms with van der Waals surface area (Å²) >= 11 is 1.28. The van der Waals surface area contributed by atoms with Crippen LogP contribution in [0.5, 0.6) is 0 Å². The second-order valence-corrected chi connectivity index (χ2v) is 12.9. The number of thiophene rings is 1. The van der Waals surface area contributed by atoms with Crippen LogP contribution in [0.3, 0.4) is 0 Å². The number of benzene rings is 1. The number of fused-ring (bicyclic) bond motifs is 1. The van der Waals surface area contributed by atoms with Crippen molar-refractivity contribution in [2.75, 3.05) is 25.2 Å². The van der Waals surface area contributed by atoms with Crippen LogP contribution in [0.2, 0.25) is 0 Å². The average molecular weight is 550 g/mol. The van der Waals surface area contributed by atoms with Crippen LogP contribution in [0.25, 0.3) is 0 Å². The minimum atomic E-state index is -3.81. The summed E-state index contributed by atoms with van der Waals surface area (Å²) in [4.78, 5) is 40.5. The second-order valence-electron chi connectivity index (χ2n) is 9.96. The number of primary amides is 1. The number of sulfonamides is 1. The normalized spacial score (nSPS) is 18.0. The highest BCUT2D eigenvalue weighted by Gasteiger charge is 2.42. The van der Waals surface area contributed by atoms with Crippen LogP contribution >= 0.6 is 11.3 Å². The van der Waals surface area contributed by atoms with Gasteiger partial charge < -0.3 is 15.8 Å². The number of hydrogen-bond donors (Lipinski definition) is 3. The molecule has 3 heterocycles. The Hall–Kier alpha value is -2.84. The third-order valence-corrected chi connectivity index (χ3v) is 9.73. The van der Waals surface area contributed by atoms with Gasteiger partial charge in [-0.2, -0.15) is 4.31 Å². The summed E-state index contributed by atoms with van der Waals surface area (Å²) in [6.07, 6.45) is 0.588. The Balaban J connectivity index is 1.59. The van der Waals surface area contributed by atoms with Gasteiger partial charge in [0.25, 0.3) is 11.8 Å². The zero-order chi connectivity index (χ0) is 27.1. The Labute approximate surface area is 220 Å². The molecule has 4 amide bonds. The van der Waals surface area contributed by atoms with Crippen molar-refractivity contribution in [3.05, 3.63) is 45.8 Å². The van der Waals surface area contributed by atoms with Crippen LogP contribution in [0.4, 0.5) is 9.80 Å². The smallest absolute Gasteiger partial charge is 0.319 e. The number of carbonyl (C=O) groups excluding carboxylic acids is 3. The van der Waals surface area contributed by atoms with Gasteiger partial charge in [-0.25, -0.2) is 13.2 Å². The molecule has 4 rings (SSSR count). The summed E-state index contributed by atoms with van der Waals surface area (Å²) in [5.74, 6) is -1.18. The first-order valence-electron chi connectivity index (χ1n) is 11.8. The Morgan fingerprint density at radius 3 is 2.38 bits per heavy atom. The highest BCUT2D eigenvalue weighted by molar-refractivity contribution is 7.89. The van der Waals surface area contributed by atoms with Crippen molar-refractivity contribution in [2.45, 2.75) is 57.1 Å². The molecule has 0 atom stereocenters. The molecule has 0 bridgehead atoms. The average Bonchev–Trinajstić information content (AvgIpc) is 3.37. The summed E-state index contributed by atoms with van der Waals surface area (Å²) < 4.78 is 32.8. The number of amides is 4. The number of urea groups is 1. The Bertz CT molecular complexity index is 1330. The summed E-state index contributed by atoms with van der Waals surface area (Å²) in [6, 6.07) is 4.92. The number of rotatable bonds is 6. The second kappa shape index (κ2) is 10.1. The summed E-state index contributed by atoms with van der Waals surface area (Å²) in [5, 5.41) is 5.19. The van der Waals surface area contributed by atoms with Gasteiger partial charge in [0.05, 0.1) is 22.6 Å². The molecule has 0 aliphatic carbocycles. The molecule has 2 aromatic rings. The lowest BCUT2D eigenvalue weighted by Crippen LogP contribution is -2.44. The van der Waals surface area contributed by atoms with E-state index in [1.54, 1.807) is 13.8 Å². The van der Waals surface area contributed by atoms with Gasteiger partial charge in [-0.05, 0) is 63.9 Å². The highest BCUT2D eigenvalue weighted by atomic mass is 32.2. The fourth-order valence-electron chi connectivity index (χ4n) is 4.47. The monoisotopic (exact) mass is 549 g/mol. The zero-order valence-corrected chi connectivity index (χ0v) is 22.8. The molecule has 200 valence electrons. The maximum Gasteiger partial charge on any atom is 0.319 e. The zero-order valence-electron chi connectivity index (χ0n) is 21.2. The predicted molar refractivity (Wildman–Crippen MR) is 139 cm³/mol. The molecule has 37 heavy (non-hydrogen) atoms. The SMILES string of the molecule is CC(C)N1CCc2c(sc(NC(=O)c3ccc(S(=O)(=O)N4COCC4(C)C)cc3)c2C(=O)NC(N)=O)C1. The Morgan fingerprint density at radius 1 is 1.14 bits per heavy atom. The van der Waals surface area contributed by atoms with Gasteiger partial charge >= 0.3 is 6.03 Å². The molecule has 0 radical (unpaired) electrons. The summed E-state index contributed by atoms with van der Waals surface area (Å²) in [6.45, 7) is 9.35. The Morgan fingerprint density at radius 2 is 1.81 bits per heavy atom. The van der Waals surface area contributed by atoms with Gasteiger partial charge in [0.1, 0.15) is 11.7 Å². The lowest BCUT2D eigenvalue weighted by Gasteiger charge is -2.30. The van der Waals surface area contributed by atoms with E-state index >= 15 is 0 Å². The van der Waals surface area contributed by atoms with Crippen LogP contribution in [0, 0.1) is 0 Å². The summed E-state index contributed by atoms with van der Waals surface area (Å²) in [7, 11) is -3.81. The van der Waals surface area contributed by atoms with E-state index < -0.39 is 33.4 Å². The van der Waals surface area contributed by atoms with Gasteiger partial charge in [0.2, 0.25) is 10.0 Å². The number of hydrogen-bond acceptors (Lipinski definition) is 8. The fourth-order valence-corrected chi connectivity index (χ4v) is 7.38. The lowest BCUT2D eigenvalue weighted by molar-refractivity contribution is 0.0965. The molecular formula is C24H31N5O6S2.